The van der Waals surface area contributed by atoms with Gasteiger partial charge in [-0.1, -0.05) is 61.5 Å². The van der Waals surface area contributed by atoms with E-state index >= 15 is 0 Å². The number of carbonyl (C=O) groups is 1. The lowest BCUT2D eigenvalue weighted by molar-refractivity contribution is -0.123. The van der Waals surface area contributed by atoms with Gasteiger partial charge >= 0.3 is 0 Å². The summed E-state index contributed by atoms with van der Waals surface area (Å²) in [4.78, 5) is 24.2. The summed E-state index contributed by atoms with van der Waals surface area (Å²) in [5.74, 6) is 0.694. The summed E-state index contributed by atoms with van der Waals surface area (Å²) in [5, 5.41) is 15.8. The lowest BCUT2D eigenvalue weighted by Gasteiger charge is -2.17. The van der Waals surface area contributed by atoms with Crippen LogP contribution in [0.2, 0.25) is 0 Å². The van der Waals surface area contributed by atoms with E-state index in [0.29, 0.717) is 19.7 Å². The van der Waals surface area contributed by atoms with Gasteiger partial charge in [-0.05, 0) is 63.7 Å². The molecule has 1 amide bonds. The molecule has 0 aromatic heterocycles. The molecular formula is C31H32N4O3. The van der Waals surface area contributed by atoms with Gasteiger partial charge in [0.25, 0.3) is 0 Å². The highest BCUT2D eigenvalue weighted by Gasteiger charge is 2.15. The molecule has 0 atom stereocenters. The molecule has 0 aliphatic carbocycles. The number of hydrogen-bond acceptors (Lipinski definition) is 6. The van der Waals surface area contributed by atoms with Crippen molar-refractivity contribution in [2.75, 3.05) is 33.8 Å². The van der Waals surface area contributed by atoms with E-state index in [0.717, 1.165) is 40.0 Å². The van der Waals surface area contributed by atoms with E-state index in [1.54, 1.807) is 38.4 Å². The fourth-order valence-corrected chi connectivity index (χ4v) is 3.99. The molecule has 0 radical (unpaired) electrons. The maximum absolute atomic E-state index is 11.5. The van der Waals surface area contributed by atoms with Gasteiger partial charge in [0.15, 0.2) is 0 Å². The van der Waals surface area contributed by atoms with Crippen LogP contribution in [-0.2, 0) is 4.79 Å². The molecule has 0 heterocycles. The average molecular weight is 509 g/mol. The highest BCUT2D eigenvalue weighted by atomic mass is 16.5. The van der Waals surface area contributed by atoms with E-state index in [1.807, 2.05) is 48.5 Å². The summed E-state index contributed by atoms with van der Waals surface area (Å²) in [6.45, 7) is 3.80. The van der Waals surface area contributed by atoms with Gasteiger partial charge in [0.2, 0.25) is 5.91 Å². The summed E-state index contributed by atoms with van der Waals surface area (Å²) in [6.07, 6.45) is 4.10. The number of nitrogens with zero attached hydrogens (tertiary/aromatic N) is 3. The molecule has 3 aromatic carbocycles. The van der Waals surface area contributed by atoms with E-state index in [2.05, 4.69) is 35.6 Å². The Hall–Kier alpha value is -4.54. The van der Waals surface area contributed by atoms with Crippen LogP contribution in [0.25, 0.3) is 11.1 Å². The fraction of sp³-hybridized carbons (Fsp3) is 0.226. The van der Waals surface area contributed by atoms with E-state index in [4.69, 9.17) is 4.74 Å². The predicted molar refractivity (Wildman–Crippen MR) is 152 cm³/mol. The first-order chi connectivity index (χ1) is 18.5. The third-order valence-corrected chi connectivity index (χ3v) is 5.94. The molecule has 3 rings (SSSR count). The lowest BCUT2D eigenvalue weighted by Crippen LogP contribution is -2.22. The van der Waals surface area contributed by atoms with Crippen LogP contribution in [0.3, 0.4) is 0 Å². The van der Waals surface area contributed by atoms with Crippen molar-refractivity contribution in [2.24, 2.45) is 5.18 Å². The molecule has 3 aromatic rings. The highest BCUT2D eigenvalue weighted by molar-refractivity contribution is 5.99. The zero-order valence-electron chi connectivity index (χ0n) is 22.0. The lowest BCUT2D eigenvalue weighted by atomic mass is 9.87. The molecular weight excluding hydrogens is 476 g/mol. The van der Waals surface area contributed by atoms with Gasteiger partial charge in [-0.3, -0.25) is 4.79 Å². The van der Waals surface area contributed by atoms with Gasteiger partial charge in [0, 0.05) is 33.3 Å². The summed E-state index contributed by atoms with van der Waals surface area (Å²) in [7, 11) is 3.43. The number of likely N-dealkylation sites (N-methyl/N-ethyl adjacent to an activating group) is 1. The van der Waals surface area contributed by atoms with Crippen molar-refractivity contribution in [2.45, 2.75) is 13.3 Å². The first kappa shape index (κ1) is 28.0. The Morgan fingerprint density at radius 3 is 2.37 bits per heavy atom. The number of rotatable bonds is 12. The average Bonchev–Trinajstić information content (AvgIpc) is 2.95. The molecule has 1 N–H and O–H groups in total. The van der Waals surface area contributed by atoms with Crippen molar-refractivity contribution >= 4 is 22.7 Å². The van der Waals surface area contributed by atoms with Crippen molar-refractivity contribution < 1.29 is 9.53 Å². The minimum atomic E-state index is -0.0461. The third kappa shape index (κ3) is 7.48. The fourth-order valence-electron chi connectivity index (χ4n) is 3.99. The number of carbonyl (C=O) groups excluding carboxylic acids is 1. The van der Waals surface area contributed by atoms with Crippen molar-refractivity contribution in [3.63, 3.8) is 0 Å². The second kappa shape index (κ2) is 14.3. The Morgan fingerprint density at radius 2 is 1.74 bits per heavy atom. The molecule has 0 unspecified atom stereocenters. The molecule has 0 saturated heterocycles. The zero-order chi connectivity index (χ0) is 27.3. The number of ether oxygens (including phenoxy) is 1. The minimum Gasteiger partial charge on any atom is -0.492 e. The standard InChI is InChI=1S/C31H32N4O3/c1-4-28(23-9-6-5-7-10-23)31(25-14-17-29(34-37)26(21-25)22-32)24-12-15-27(16-13-24)38-20-19-33-18-8-11-30(36)35(2)3/h5-17,21,33H,4,18-20H2,1-3H3/b11-8+,31-28+. The number of nitroso groups, excluding NO2 is 1. The van der Waals surface area contributed by atoms with E-state index in [1.165, 1.54) is 4.90 Å². The minimum absolute atomic E-state index is 0.0461. The van der Waals surface area contributed by atoms with E-state index < -0.39 is 0 Å². The van der Waals surface area contributed by atoms with Gasteiger partial charge in [-0.2, -0.15) is 5.26 Å². The molecule has 194 valence electrons. The van der Waals surface area contributed by atoms with Crippen molar-refractivity contribution in [3.8, 4) is 11.8 Å². The molecule has 38 heavy (non-hydrogen) atoms. The summed E-state index contributed by atoms with van der Waals surface area (Å²) in [6, 6.07) is 25.2. The highest BCUT2D eigenvalue weighted by Crippen LogP contribution is 2.36. The molecule has 0 spiro atoms. The van der Waals surface area contributed by atoms with Crippen LogP contribution in [-0.4, -0.2) is 44.6 Å². The zero-order valence-corrected chi connectivity index (χ0v) is 22.0. The van der Waals surface area contributed by atoms with Crippen LogP contribution in [0.15, 0.2) is 90.1 Å². The van der Waals surface area contributed by atoms with Gasteiger partial charge in [0.05, 0.1) is 5.56 Å². The first-order valence-corrected chi connectivity index (χ1v) is 12.5. The quantitative estimate of drug-likeness (QED) is 0.141. The van der Waals surface area contributed by atoms with Crippen LogP contribution in [0.1, 0.15) is 35.6 Å². The van der Waals surface area contributed by atoms with Crippen LogP contribution in [0.4, 0.5) is 5.69 Å². The first-order valence-electron chi connectivity index (χ1n) is 12.5. The Kier molecular flexibility index (Phi) is 10.5. The molecule has 0 bridgehead atoms. The van der Waals surface area contributed by atoms with Crippen molar-refractivity contribution in [3.05, 3.63) is 112 Å². The Bertz CT molecular complexity index is 1340. The molecule has 0 fully saturated rings. The second-order valence-electron chi connectivity index (χ2n) is 8.72. The summed E-state index contributed by atoms with van der Waals surface area (Å²) in [5.41, 5.74) is 5.39. The van der Waals surface area contributed by atoms with Crippen molar-refractivity contribution in [1.82, 2.24) is 10.2 Å². The Morgan fingerprint density at radius 1 is 1.03 bits per heavy atom. The van der Waals surface area contributed by atoms with Crippen LogP contribution < -0.4 is 10.1 Å². The number of nitriles is 1. The monoisotopic (exact) mass is 508 g/mol. The topological polar surface area (TPSA) is 94.8 Å². The normalized spacial score (nSPS) is 11.5. The number of nitrogens with one attached hydrogen (secondary N) is 1. The Labute approximate surface area is 224 Å². The third-order valence-electron chi connectivity index (χ3n) is 5.94. The molecule has 0 aliphatic rings. The predicted octanol–water partition coefficient (Wildman–Crippen LogP) is 5.94. The molecule has 0 aliphatic heterocycles. The molecule has 0 saturated carbocycles. The largest absolute Gasteiger partial charge is 0.492 e. The van der Waals surface area contributed by atoms with Crippen LogP contribution in [0.5, 0.6) is 5.75 Å². The van der Waals surface area contributed by atoms with E-state index in [-0.39, 0.29) is 17.2 Å². The number of amides is 1. The summed E-state index contributed by atoms with van der Waals surface area (Å²) >= 11 is 0. The SMILES string of the molecule is CC/C(=C(/c1ccc(OCCNC/C=C/C(=O)N(C)C)cc1)c1ccc(N=O)c(C#N)c1)c1ccccc1. The van der Waals surface area contributed by atoms with Gasteiger partial charge in [-0.25, -0.2) is 0 Å². The maximum Gasteiger partial charge on any atom is 0.245 e. The maximum atomic E-state index is 11.5. The van der Waals surface area contributed by atoms with E-state index in [9.17, 15) is 15.0 Å². The Balaban J connectivity index is 1.81. The smallest absolute Gasteiger partial charge is 0.245 e. The number of benzene rings is 3. The second-order valence-corrected chi connectivity index (χ2v) is 8.72. The molecule has 7 heteroatoms. The van der Waals surface area contributed by atoms with Gasteiger partial charge in [0.1, 0.15) is 24.1 Å². The van der Waals surface area contributed by atoms with Crippen LogP contribution in [0, 0.1) is 16.2 Å². The van der Waals surface area contributed by atoms with Crippen molar-refractivity contribution in [1.29, 1.82) is 5.26 Å². The van der Waals surface area contributed by atoms with Gasteiger partial charge in [-0.15, -0.1) is 4.91 Å². The van der Waals surface area contributed by atoms with Gasteiger partial charge < -0.3 is 15.0 Å². The number of hydrogen-bond donors (Lipinski definition) is 1. The number of allylic oxidation sites excluding steroid dienone is 1. The summed E-state index contributed by atoms with van der Waals surface area (Å²) < 4.78 is 5.88. The van der Waals surface area contributed by atoms with Crippen LogP contribution >= 0.6 is 0 Å². The molecule has 7 nitrogen and oxygen atoms in total.